The lowest BCUT2D eigenvalue weighted by Crippen LogP contribution is -2.25. The van der Waals surface area contributed by atoms with Crippen LogP contribution in [0.5, 0.6) is 0 Å². The van der Waals surface area contributed by atoms with Crippen molar-refractivity contribution in [3.8, 4) is 0 Å². The molecular weight excluding hydrogens is 266 g/mol. The predicted molar refractivity (Wildman–Crippen MR) is 78.8 cm³/mol. The third-order valence-electron chi connectivity index (χ3n) is 3.78. The maximum absolute atomic E-state index is 11.7. The van der Waals surface area contributed by atoms with Crippen LogP contribution in [0.25, 0.3) is 0 Å². The molecule has 0 atom stereocenters. The summed E-state index contributed by atoms with van der Waals surface area (Å²) in [7, 11) is 1.37. The van der Waals surface area contributed by atoms with Gasteiger partial charge in [0.05, 0.1) is 13.4 Å². The lowest BCUT2D eigenvalue weighted by atomic mass is 10.1. The van der Waals surface area contributed by atoms with Crippen LogP contribution < -0.4 is 0 Å². The first-order chi connectivity index (χ1) is 10.3. The van der Waals surface area contributed by atoms with Crippen molar-refractivity contribution in [2.45, 2.75) is 32.0 Å². The van der Waals surface area contributed by atoms with Gasteiger partial charge in [0.2, 0.25) is 5.76 Å². The Kier molecular flexibility index (Phi) is 4.06. The molecule has 21 heavy (non-hydrogen) atoms. The minimum atomic E-state index is -0.412. The van der Waals surface area contributed by atoms with Gasteiger partial charge >= 0.3 is 5.97 Å². The van der Waals surface area contributed by atoms with E-state index in [2.05, 4.69) is 29.2 Å². The fraction of sp³-hybridized carbons (Fsp3) is 0.353. The Morgan fingerprint density at radius 3 is 2.67 bits per heavy atom. The number of ether oxygens (including phenoxy) is 1. The van der Waals surface area contributed by atoms with E-state index in [1.165, 1.54) is 25.5 Å². The van der Waals surface area contributed by atoms with E-state index in [-0.39, 0.29) is 0 Å². The molecule has 0 N–H and O–H groups in total. The molecule has 0 radical (unpaired) electrons. The van der Waals surface area contributed by atoms with Crippen LogP contribution in [0.15, 0.2) is 47.1 Å². The van der Waals surface area contributed by atoms with Crippen molar-refractivity contribution in [3.05, 3.63) is 59.5 Å². The molecule has 0 aliphatic heterocycles. The highest BCUT2D eigenvalue weighted by Gasteiger charge is 2.30. The SMILES string of the molecule is COC(=O)c1occc1CN(Cc1ccccc1)C1CC1. The molecule has 1 aliphatic carbocycles. The summed E-state index contributed by atoms with van der Waals surface area (Å²) in [4.78, 5) is 14.1. The van der Waals surface area contributed by atoms with Crippen molar-refractivity contribution in [1.29, 1.82) is 0 Å². The van der Waals surface area contributed by atoms with Crippen LogP contribution in [0.2, 0.25) is 0 Å². The molecule has 110 valence electrons. The van der Waals surface area contributed by atoms with E-state index in [0.717, 1.165) is 12.1 Å². The maximum Gasteiger partial charge on any atom is 0.374 e. The zero-order valence-corrected chi connectivity index (χ0v) is 12.1. The normalized spacial score (nSPS) is 14.4. The highest BCUT2D eigenvalue weighted by atomic mass is 16.5. The van der Waals surface area contributed by atoms with E-state index >= 15 is 0 Å². The Bertz CT molecular complexity index is 602. The standard InChI is InChI=1S/C17H19NO3/c1-20-17(19)16-14(9-10-21-16)12-18(15-7-8-15)11-13-5-3-2-4-6-13/h2-6,9-10,15H,7-8,11-12H2,1H3. The Hall–Kier alpha value is -2.07. The Labute approximate surface area is 124 Å². The summed E-state index contributed by atoms with van der Waals surface area (Å²) in [5.74, 6) is -0.0957. The second-order valence-electron chi connectivity index (χ2n) is 5.39. The zero-order valence-electron chi connectivity index (χ0n) is 12.1. The molecule has 0 spiro atoms. The molecule has 0 amide bonds. The van der Waals surface area contributed by atoms with E-state index in [1.54, 1.807) is 6.26 Å². The number of carbonyl (C=O) groups excluding carboxylic acids is 1. The number of hydrogen-bond donors (Lipinski definition) is 0. The van der Waals surface area contributed by atoms with E-state index < -0.39 is 5.97 Å². The van der Waals surface area contributed by atoms with E-state index in [4.69, 9.17) is 9.15 Å². The van der Waals surface area contributed by atoms with Crippen LogP contribution >= 0.6 is 0 Å². The topological polar surface area (TPSA) is 42.7 Å². The Morgan fingerprint density at radius 1 is 1.24 bits per heavy atom. The fourth-order valence-electron chi connectivity index (χ4n) is 2.52. The number of nitrogens with zero attached hydrogens (tertiary/aromatic N) is 1. The second kappa shape index (κ2) is 6.14. The summed E-state index contributed by atoms with van der Waals surface area (Å²) in [6, 6.07) is 12.8. The van der Waals surface area contributed by atoms with Crippen LogP contribution in [0.3, 0.4) is 0 Å². The third kappa shape index (κ3) is 3.34. The molecule has 1 aromatic heterocycles. The highest BCUT2D eigenvalue weighted by Crippen LogP contribution is 2.30. The number of benzene rings is 1. The van der Waals surface area contributed by atoms with Gasteiger partial charge in [0.15, 0.2) is 0 Å². The van der Waals surface area contributed by atoms with E-state index in [9.17, 15) is 4.79 Å². The highest BCUT2D eigenvalue weighted by molar-refractivity contribution is 5.87. The van der Waals surface area contributed by atoms with Crippen LogP contribution in [-0.2, 0) is 17.8 Å². The molecule has 1 fully saturated rings. The average molecular weight is 285 g/mol. The number of methoxy groups -OCH3 is 1. The van der Waals surface area contributed by atoms with Crippen molar-refractivity contribution in [1.82, 2.24) is 4.90 Å². The van der Waals surface area contributed by atoms with Gasteiger partial charge in [-0.25, -0.2) is 4.79 Å². The summed E-state index contributed by atoms with van der Waals surface area (Å²) in [6.45, 7) is 1.60. The van der Waals surface area contributed by atoms with Gasteiger partial charge < -0.3 is 9.15 Å². The minimum absolute atomic E-state index is 0.316. The number of esters is 1. The van der Waals surface area contributed by atoms with Gasteiger partial charge in [-0.1, -0.05) is 30.3 Å². The summed E-state index contributed by atoms with van der Waals surface area (Å²) >= 11 is 0. The smallest absolute Gasteiger partial charge is 0.374 e. The van der Waals surface area contributed by atoms with Gasteiger partial charge in [0, 0.05) is 24.7 Å². The summed E-state index contributed by atoms with van der Waals surface area (Å²) in [6.07, 6.45) is 3.99. The average Bonchev–Trinajstić information content (AvgIpc) is 3.27. The molecule has 0 unspecified atom stereocenters. The Morgan fingerprint density at radius 2 is 2.00 bits per heavy atom. The lowest BCUT2D eigenvalue weighted by molar-refractivity contribution is 0.0561. The van der Waals surface area contributed by atoms with Gasteiger partial charge in [-0.2, -0.15) is 0 Å². The van der Waals surface area contributed by atoms with Crippen molar-refractivity contribution >= 4 is 5.97 Å². The first-order valence-electron chi connectivity index (χ1n) is 7.20. The van der Waals surface area contributed by atoms with Crippen LogP contribution in [0.4, 0.5) is 0 Å². The quantitative estimate of drug-likeness (QED) is 0.764. The predicted octanol–water partition coefficient (Wildman–Crippen LogP) is 3.23. The molecular formula is C17H19NO3. The van der Waals surface area contributed by atoms with Gasteiger partial charge in [-0.15, -0.1) is 0 Å². The lowest BCUT2D eigenvalue weighted by Gasteiger charge is -2.21. The summed E-state index contributed by atoms with van der Waals surface area (Å²) < 4.78 is 10.0. The summed E-state index contributed by atoms with van der Waals surface area (Å²) in [5.41, 5.74) is 2.18. The maximum atomic E-state index is 11.7. The molecule has 1 saturated carbocycles. The molecule has 3 rings (SSSR count). The molecule has 2 aromatic rings. The molecule has 0 bridgehead atoms. The number of hydrogen-bond acceptors (Lipinski definition) is 4. The number of rotatable bonds is 6. The molecule has 4 nitrogen and oxygen atoms in total. The van der Waals surface area contributed by atoms with Crippen molar-refractivity contribution in [3.63, 3.8) is 0 Å². The van der Waals surface area contributed by atoms with Crippen LogP contribution in [0.1, 0.15) is 34.5 Å². The van der Waals surface area contributed by atoms with Gasteiger partial charge in [-0.05, 0) is 24.5 Å². The van der Waals surface area contributed by atoms with Gasteiger partial charge in [-0.3, -0.25) is 4.90 Å². The number of carbonyl (C=O) groups is 1. The minimum Gasteiger partial charge on any atom is -0.463 e. The van der Waals surface area contributed by atoms with Gasteiger partial charge in [0.1, 0.15) is 0 Å². The van der Waals surface area contributed by atoms with Crippen LogP contribution in [-0.4, -0.2) is 24.0 Å². The molecule has 4 heteroatoms. The zero-order chi connectivity index (χ0) is 14.7. The second-order valence-corrected chi connectivity index (χ2v) is 5.39. The molecule has 1 aliphatic rings. The molecule has 0 saturated heterocycles. The molecule has 1 aromatic carbocycles. The monoisotopic (exact) mass is 285 g/mol. The number of furan rings is 1. The molecule has 1 heterocycles. The van der Waals surface area contributed by atoms with Gasteiger partial charge in [0.25, 0.3) is 0 Å². The Balaban J connectivity index is 1.74. The van der Waals surface area contributed by atoms with E-state index in [1.807, 2.05) is 12.1 Å². The largest absolute Gasteiger partial charge is 0.463 e. The fourth-order valence-corrected chi connectivity index (χ4v) is 2.52. The van der Waals surface area contributed by atoms with Crippen molar-refractivity contribution in [2.24, 2.45) is 0 Å². The van der Waals surface area contributed by atoms with Crippen molar-refractivity contribution in [2.75, 3.05) is 7.11 Å². The first kappa shape index (κ1) is 13.9. The van der Waals surface area contributed by atoms with Crippen molar-refractivity contribution < 1.29 is 13.9 Å². The van der Waals surface area contributed by atoms with E-state index in [0.29, 0.717) is 18.3 Å². The first-order valence-corrected chi connectivity index (χ1v) is 7.20. The van der Waals surface area contributed by atoms with Crippen LogP contribution in [0, 0.1) is 0 Å². The summed E-state index contributed by atoms with van der Waals surface area (Å²) in [5, 5.41) is 0. The third-order valence-corrected chi connectivity index (χ3v) is 3.78.